The van der Waals surface area contributed by atoms with Crippen LogP contribution in [0.15, 0.2) is 95.2 Å². The van der Waals surface area contributed by atoms with Crippen molar-refractivity contribution in [2.45, 2.75) is 0 Å². The van der Waals surface area contributed by atoms with Gasteiger partial charge in [0.05, 0.1) is 11.4 Å². The largest absolute Gasteiger partial charge is 0.284 e. The Morgan fingerprint density at radius 1 is 0.609 bits per heavy atom. The first-order valence-electron chi connectivity index (χ1n) is 7.23. The third-order valence-electron chi connectivity index (χ3n) is 3.30. The van der Waals surface area contributed by atoms with E-state index < -0.39 is 0 Å². The van der Waals surface area contributed by atoms with Gasteiger partial charge in [-0.15, -0.1) is 0 Å². The lowest BCUT2D eigenvalue weighted by Gasteiger charge is -2.17. The van der Waals surface area contributed by atoms with Gasteiger partial charge < -0.3 is 0 Å². The van der Waals surface area contributed by atoms with E-state index in [1.165, 1.54) is 0 Å². The molecule has 0 radical (unpaired) electrons. The Morgan fingerprint density at radius 2 is 1.09 bits per heavy atom. The molecule has 0 saturated carbocycles. The van der Waals surface area contributed by atoms with E-state index in [0.29, 0.717) is 0 Å². The van der Waals surface area contributed by atoms with E-state index in [0.717, 1.165) is 29.2 Å². The van der Waals surface area contributed by atoms with E-state index in [1.807, 2.05) is 84.9 Å². The summed E-state index contributed by atoms with van der Waals surface area (Å²) >= 11 is 0. The van der Waals surface area contributed by atoms with Crippen molar-refractivity contribution in [2.75, 3.05) is 4.90 Å². The lowest BCUT2D eigenvalue weighted by molar-refractivity contribution is -0.106. The van der Waals surface area contributed by atoms with E-state index in [2.05, 4.69) is 10.2 Å². The smallest absolute Gasteiger partial charge is 0.218 e. The van der Waals surface area contributed by atoms with E-state index in [9.17, 15) is 4.79 Å². The van der Waals surface area contributed by atoms with Gasteiger partial charge in [0, 0.05) is 11.4 Å². The first-order chi connectivity index (χ1) is 11.4. The predicted octanol–water partition coefficient (Wildman–Crippen LogP) is 5.40. The molecule has 0 aliphatic carbocycles. The number of benzene rings is 3. The van der Waals surface area contributed by atoms with Gasteiger partial charge in [0.1, 0.15) is 0 Å². The van der Waals surface area contributed by atoms with Crippen LogP contribution in [-0.2, 0) is 4.79 Å². The molecular formula is C19H15N3O. The second-order valence-corrected chi connectivity index (χ2v) is 4.86. The zero-order valence-electron chi connectivity index (χ0n) is 12.4. The molecule has 3 aromatic carbocycles. The molecule has 23 heavy (non-hydrogen) atoms. The van der Waals surface area contributed by atoms with E-state index in [4.69, 9.17) is 0 Å². The van der Waals surface area contributed by atoms with Gasteiger partial charge in [-0.2, -0.15) is 10.2 Å². The number of amides is 1. The number of carbonyl (C=O) groups is 1. The minimum atomic E-state index is 0.733. The molecule has 0 aliphatic rings. The number of para-hydroxylation sites is 1. The van der Waals surface area contributed by atoms with Crippen LogP contribution in [0.1, 0.15) is 0 Å². The molecule has 4 heteroatoms. The van der Waals surface area contributed by atoms with Crippen molar-refractivity contribution >= 4 is 29.2 Å². The Kier molecular flexibility index (Phi) is 4.55. The minimum absolute atomic E-state index is 0.733. The normalized spacial score (nSPS) is 10.6. The molecule has 0 N–H and O–H groups in total. The van der Waals surface area contributed by atoms with Crippen LogP contribution in [0.3, 0.4) is 0 Å². The number of rotatable bonds is 5. The van der Waals surface area contributed by atoms with Gasteiger partial charge in [0.15, 0.2) is 0 Å². The summed E-state index contributed by atoms with van der Waals surface area (Å²) in [6, 6.07) is 26.4. The average Bonchev–Trinajstić information content (AvgIpc) is 2.63. The first kappa shape index (κ1) is 14.7. The second-order valence-electron chi connectivity index (χ2n) is 4.86. The molecule has 0 heterocycles. The molecule has 0 spiro atoms. The fourth-order valence-corrected chi connectivity index (χ4v) is 2.15. The standard InChI is InChI=1S/C19H15N3O/c23-15-22(18-9-5-2-6-10-18)19-13-11-17(12-14-19)21-20-16-7-3-1-4-8-16/h1-15H. The zero-order chi connectivity index (χ0) is 15.9. The number of hydrogen-bond donors (Lipinski definition) is 0. The quantitative estimate of drug-likeness (QED) is 0.460. The van der Waals surface area contributed by atoms with Gasteiger partial charge in [-0.1, -0.05) is 36.4 Å². The van der Waals surface area contributed by atoms with Crippen LogP contribution in [0.4, 0.5) is 22.7 Å². The summed E-state index contributed by atoms with van der Waals surface area (Å²) in [5.41, 5.74) is 3.14. The highest BCUT2D eigenvalue weighted by Crippen LogP contribution is 2.26. The summed E-state index contributed by atoms with van der Waals surface area (Å²) in [6.45, 7) is 0. The molecule has 0 fully saturated rings. The van der Waals surface area contributed by atoms with Crippen molar-refractivity contribution in [3.05, 3.63) is 84.9 Å². The summed E-state index contributed by atoms with van der Waals surface area (Å²) in [4.78, 5) is 13.0. The van der Waals surface area contributed by atoms with Gasteiger partial charge in [0.25, 0.3) is 0 Å². The minimum Gasteiger partial charge on any atom is -0.284 e. The second kappa shape index (κ2) is 7.13. The predicted molar refractivity (Wildman–Crippen MR) is 91.7 cm³/mol. The molecule has 0 aromatic heterocycles. The Balaban J connectivity index is 1.79. The lowest BCUT2D eigenvalue weighted by Crippen LogP contribution is -2.13. The van der Waals surface area contributed by atoms with Crippen LogP contribution in [0.5, 0.6) is 0 Å². The van der Waals surface area contributed by atoms with Gasteiger partial charge in [0.2, 0.25) is 6.41 Å². The van der Waals surface area contributed by atoms with Crippen molar-refractivity contribution < 1.29 is 4.79 Å². The third-order valence-corrected chi connectivity index (χ3v) is 3.30. The average molecular weight is 301 g/mol. The summed E-state index contributed by atoms with van der Waals surface area (Å²) in [5, 5.41) is 8.36. The summed E-state index contributed by atoms with van der Waals surface area (Å²) in [5.74, 6) is 0. The maximum absolute atomic E-state index is 11.4. The number of azo groups is 1. The van der Waals surface area contributed by atoms with Crippen LogP contribution >= 0.6 is 0 Å². The van der Waals surface area contributed by atoms with Crippen molar-refractivity contribution in [3.8, 4) is 0 Å². The van der Waals surface area contributed by atoms with Crippen molar-refractivity contribution in [2.24, 2.45) is 10.2 Å². The molecule has 0 atom stereocenters. The molecule has 0 unspecified atom stereocenters. The van der Waals surface area contributed by atoms with Gasteiger partial charge in [-0.05, 0) is 48.5 Å². The fraction of sp³-hybridized carbons (Fsp3) is 0. The topological polar surface area (TPSA) is 45.0 Å². The van der Waals surface area contributed by atoms with Crippen LogP contribution in [0, 0.1) is 0 Å². The molecule has 3 rings (SSSR count). The number of hydrogen-bond acceptors (Lipinski definition) is 3. The lowest BCUT2D eigenvalue weighted by atomic mass is 10.2. The van der Waals surface area contributed by atoms with Gasteiger partial charge in [-0.25, -0.2) is 0 Å². The summed E-state index contributed by atoms with van der Waals surface area (Å²) in [7, 11) is 0. The highest BCUT2D eigenvalue weighted by molar-refractivity contribution is 5.86. The first-order valence-corrected chi connectivity index (χ1v) is 7.23. The molecule has 112 valence electrons. The van der Waals surface area contributed by atoms with Crippen LogP contribution in [0.2, 0.25) is 0 Å². The van der Waals surface area contributed by atoms with Crippen LogP contribution < -0.4 is 4.90 Å². The maximum Gasteiger partial charge on any atom is 0.218 e. The van der Waals surface area contributed by atoms with Crippen molar-refractivity contribution in [1.29, 1.82) is 0 Å². The molecule has 4 nitrogen and oxygen atoms in total. The number of anilines is 2. The highest BCUT2D eigenvalue weighted by Gasteiger charge is 2.07. The fourth-order valence-electron chi connectivity index (χ4n) is 2.15. The summed E-state index contributed by atoms with van der Waals surface area (Å²) < 4.78 is 0. The van der Waals surface area contributed by atoms with Gasteiger partial charge >= 0.3 is 0 Å². The number of nitrogens with zero attached hydrogens (tertiary/aromatic N) is 3. The van der Waals surface area contributed by atoms with Gasteiger partial charge in [-0.3, -0.25) is 9.69 Å². The molecule has 0 aliphatic heterocycles. The van der Waals surface area contributed by atoms with Crippen LogP contribution in [-0.4, -0.2) is 6.41 Å². The van der Waals surface area contributed by atoms with E-state index in [1.54, 1.807) is 4.90 Å². The molecular weight excluding hydrogens is 286 g/mol. The molecule has 0 bridgehead atoms. The number of carbonyl (C=O) groups excluding carboxylic acids is 1. The van der Waals surface area contributed by atoms with E-state index in [-0.39, 0.29) is 0 Å². The van der Waals surface area contributed by atoms with Crippen LogP contribution in [0.25, 0.3) is 0 Å². The Morgan fingerprint density at radius 3 is 1.65 bits per heavy atom. The zero-order valence-corrected chi connectivity index (χ0v) is 12.4. The Bertz CT molecular complexity index is 784. The third kappa shape index (κ3) is 3.68. The molecule has 3 aromatic rings. The monoisotopic (exact) mass is 301 g/mol. The molecule has 1 amide bonds. The molecule has 0 saturated heterocycles. The van der Waals surface area contributed by atoms with E-state index >= 15 is 0 Å². The highest BCUT2D eigenvalue weighted by atomic mass is 16.1. The summed E-state index contributed by atoms with van der Waals surface area (Å²) in [6.07, 6.45) is 0.801. The Hall–Kier alpha value is -3.27. The van der Waals surface area contributed by atoms with Crippen molar-refractivity contribution in [3.63, 3.8) is 0 Å². The maximum atomic E-state index is 11.4. The van der Waals surface area contributed by atoms with Crippen molar-refractivity contribution in [1.82, 2.24) is 0 Å². The SMILES string of the molecule is O=CN(c1ccccc1)c1ccc(N=Nc2ccccc2)cc1. The Labute approximate surface area is 134 Å².